The second kappa shape index (κ2) is 9.25. The highest BCUT2D eigenvalue weighted by Crippen LogP contribution is 2.28. The van der Waals surface area contributed by atoms with E-state index in [0.717, 1.165) is 0 Å². The first-order valence-corrected chi connectivity index (χ1v) is 8.32. The molecule has 7 heteroatoms. The maximum Gasteiger partial charge on any atom is 0.339 e. The summed E-state index contributed by atoms with van der Waals surface area (Å²) in [6.45, 7) is 3.75. The lowest BCUT2D eigenvalue weighted by molar-refractivity contribution is -0.123. The molecule has 0 bridgehead atoms. The number of hydrogen-bond donors (Lipinski definition) is 1. The largest absolute Gasteiger partial charge is 0.493 e. The number of esters is 1. The SMILES string of the molecule is CCOc1ccc(C(=O)O[C@H](C)C(=O)Nc2ccccc2C#N)cc1OC. The minimum atomic E-state index is -1.05. The van der Waals surface area contributed by atoms with Crippen LogP contribution < -0.4 is 14.8 Å². The number of anilines is 1. The van der Waals surface area contributed by atoms with E-state index in [1.807, 2.05) is 13.0 Å². The quantitative estimate of drug-likeness (QED) is 0.754. The van der Waals surface area contributed by atoms with E-state index in [2.05, 4.69) is 5.32 Å². The number of ether oxygens (including phenoxy) is 3. The van der Waals surface area contributed by atoms with Gasteiger partial charge in [0.1, 0.15) is 6.07 Å². The van der Waals surface area contributed by atoms with Gasteiger partial charge in [0.25, 0.3) is 5.91 Å². The zero-order chi connectivity index (χ0) is 19.8. The van der Waals surface area contributed by atoms with Gasteiger partial charge in [0.15, 0.2) is 17.6 Å². The van der Waals surface area contributed by atoms with Crippen molar-refractivity contribution >= 4 is 17.6 Å². The van der Waals surface area contributed by atoms with E-state index in [1.165, 1.54) is 26.2 Å². The molecule has 2 aromatic rings. The van der Waals surface area contributed by atoms with Gasteiger partial charge in [-0.05, 0) is 44.2 Å². The first-order chi connectivity index (χ1) is 13.0. The van der Waals surface area contributed by atoms with Crippen LogP contribution in [-0.2, 0) is 9.53 Å². The Kier molecular flexibility index (Phi) is 6.78. The van der Waals surface area contributed by atoms with Crippen molar-refractivity contribution in [1.82, 2.24) is 0 Å². The van der Waals surface area contributed by atoms with Gasteiger partial charge in [-0.1, -0.05) is 12.1 Å². The molecule has 0 unspecified atom stereocenters. The number of carbonyl (C=O) groups excluding carboxylic acids is 2. The number of methoxy groups -OCH3 is 1. The Hall–Kier alpha value is -3.53. The summed E-state index contributed by atoms with van der Waals surface area (Å²) in [6.07, 6.45) is -1.05. The number of carbonyl (C=O) groups is 2. The van der Waals surface area contributed by atoms with Gasteiger partial charge in [0.2, 0.25) is 0 Å². The van der Waals surface area contributed by atoms with Gasteiger partial charge in [-0.3, -0.25) is 4.79 Å². The molecule has 0 spiro atoms. The van der Waals surface area contributed by atoms with Crippen LogP contribution in [0.5, 0.6) is 11.5 Å². The smallest absolute Gasteiger partial charge is 0.339 e. The second-order valence-electron chi connectivity index (χ2n) is 5.49. The van der Waals surface area contributed by atoms with E-state index in [9.17, 15) is 9.59 Å². The molecule has 2 aromatic carbocycles. The standard InChI is InChI=1S/C20H20N2O5/c1-4-26-17-10-9-14(11-18(17)25-3)20(24)27-13(2)19(23)22-16-8-6-5-7-15(16)12-21/h5-11,13H,4H2,1-3H3,(H,22,23)/t13-/m1/s1. The van der Waals surface area contributed by atoms with Gasteiger partial charge in [-0.2, -0.15) is 5.26 Å². The van der Waals surface area contributed by atoms with Crippen molar-refractivity contribution < 1.29 is 23.8 Å². The van der Waals surface area contributed by atoms with E-state index in [4.69, 9.17) is 19.5 Å². The average molecular weight is 368 g/mol. The van der Waals surface area contributed by atoms with Crippen molar-refractivity contribution in [2.45, 2.75) is 20.0 Å². The first kappa shape index (κ1) is 19.8. The lowest BCUT2D eigenvalue weighted by atomic mass is 10.2. The monoisotopic (exact) mass is 368 g/mol. The van der Waals surface area contributed by atoms with Crippen molar-refractivity contribution in [3.63, 3.8) is 0 Å². The highest BCUT2D eigenvalue weighted by atomic mass is 16.5. The molecular formula is C20H20N2O5. The zero-order valence-electron chi connectivity index (χ0n) is 15.3. The zero-order valence-corrected chi connectivity index (χ0v) is 15.3. The van der Waals surface area contributed by atoms with Crippen molar-refractivity contribution in [2.75, 3.05) is 19.0 Å². The third-order valence-corrected chi connectivity index (χ3v) is 3.66. The third kappa shape index (κ3) is 4.98. The maximum absolute atomic E-state index is 12.3. The number of amides is 1. The van der Waals surface area contributed by atoms with Crippen LogP contribution in [0.15, 0.2) is 42.5 Å². The van der Waals surface area contributed by atoms with Gasteiger partial charge in [-0.25, -0.2) is 4.79 Å². The molecular weight excluding hydrogens is 348 g/mol. The fourth-order valence-electron chi connectivity index (χ4n) is 2.28. The topological polar surface area (TPSA) is 97.6 Å². The summed E-state index contributed by atoms with van der Waals surface area (Å²) in [4.78, 5) is 24.6. The molecule has 1 N–H and O–H groups in total. The van der Waals surface area contributed by atoms with Crippen LogP contribution in [0.1, 0.15) is 29.8 Å². The molecule has 27 heavy (non-hydrogen) atoms. The van der Waals surface area contributed by atoms with Crippen molar-refractivity contribution in [3.05, 3.63) is 53.6 Å². The molecule has 0 aromatic heterocycles. The predicted molar refractivity (Wildman–Crippen MR) is 98.8 cm³/mol. The molecule has 7 nitrogen and oxygen atoms in total. The van der Waals surface area contributed by atoms with Crippen molar-refractivity contribution in [2.24, 2.45) is 0 Å². The number of para-hydroxylation sites is 1. The van der Waals surface area contributed by atoms with E-state index in [1.54, 1.807) is 30.3 Å². The average Bonchev–Trinajstić information content (AvgIpc) is 2.68. The molecule has 0 aliphatic heterocycles. The molecule has 1 atom stereocenters. The van der Waals surface area contributed by atoms with Gasteiger partial charge in [0, 0.05) is 0 Å². The summed E-state index contributed by atoms with van der Waals surface area (Å²) < 4.78 is 15.8. The van der Waals surface area contributed by atoms with Crippen LogP contribution in [0, 0.1) is 11.3 Å². The molecule has 0 heterocycles. The number of hydrogen-bond acceptors (Lipinski definition) is 6. The predicted octanol–water partition coefficient (Wildman–Crippen LogP) is 3.15. The van der Waals surface area contributed by atoms with Gasteiger partial charge in [0.05, 0.1) is 30.5 Å². The summed E-state index contributed by atoms with van der Waals surface area (Å²) in [6, 6.07) is 13.2. The summed E-state index contributed by atoms with van der Waals surface area (Å²) >= 11 is 0. The number of nitrogens with one attached hydrogen (secondary N) is 1. The molecule has 2 rings (SSSR count). The summed E-state index contributed by atoms with van der Waals surface area (Å²) in [7, 11) is 1.47. The minimum absolute atomic E-state index is 0.229. The van der Waals surface area contributed by atoms with Crippen LogP contribution in [-0.4, -0.2) is 31.7 Å². The minimum Gasteiger partial charge on any atom is -0.493 e. The molecule has 1 amide bonds. The highest BCUT2D eigenvalue weighted by molar-refractivity contribution is 5.98. The number of rotatable bonds is 7. The summed E-state index contributed by atoms with van der Waals surface area (Å²) in [5, 5.41) is 11.6. The van der Waals surface area contributed by atoms with Crippen molar-refractivity contribution in [3.8, 4) is 17.6 Å². The normalized spacial score (nSPS) is 11.0. The third-order valence-electron chi connectivity index (χ3n) is 3.66. The molecule has 0 saturated heterocycles. The maximum atomic E-state index is 12.3. The Morgan fingerprint density at radius 2 is 1.93 bits per heavy atom. The number of nitriles is 1. The fourth-order valence-corrected chi connectivity index (χ4v) is 2.28. The van der Waals surface area contributed by atoms with Crippen LogP contribution in [0.3, 0.4) is 0 Å². The number of nitrogens with zero attached hydrogens (tertiary/aromatic N) is 1. The molecule has 0 aliphatic rings. The summed E-state index contributed by atoms with van der Waals surface area (Å²) in [5.41, 5.74) is 0.906. The molecule has 0 fully saturated rings. The van der Waals surface area contributed by atoms with Gasteiger partial charge >= 0.3 is 5.97 Å². The molecule has 140 valence electrons. The Morgan fingerprint density at radius 3 is 2.59 bits per heavy atom. The molecule has 0 aliphatic carbocycles. The Bertz CT molecular complexity index is 873. The van der Waals surface area contributed by atoms with Gasteiger partial charge in [-0.15, -0.1) is 0 Å². The molecule has 0 radical (unpaired) electrons. The second-order valence-corrected chi connectivity index (χ2v) is 5.49. The van der Waals surface area contributed by atoms with Crippen molar-refractivity contribution in [1.29, 1.82) is 5.26 Å². The van der Waals surface area contributed by atoms with Crippen LogP contribution in [0.2, 0.25) is 0 Å². The Balaban J connectivity index is 2.06. The fraction of sp³-hybridized carbons (Fsp3) is 0.250. The van der Waals surface area contributed by atoms with Crippen LogP contribution >= 0.6 is 0 Å². The summed E-state index contributed by atoms with van der Waals surface area (Å²) in [5.74, 6) is -0.307. The van der Waals surface area contributed by atoms with Crippen LogP contribution in [0.25, 0.3) is 0 Å². The van der Waals surface area contributed by atoms with E-state index in [-0.39, 0.29) is 5.56 Å². The Morgan fingerprint density at radius 1 is 1.19 bits per heavy atom. The first-order valence-electron chi connectivity index (χ1n) is 8.32. The highest BCUT2D eigenvalue weighted by Gasteiger charge is 2.21. The molecule has 0 saturated carbocycles. The van der Waals surface area contributed by atoms with E-state index in [0.29, 0.717) is 29.4 Å². The van der Waals surface area contributed by atoms with E-state index < -0.39 is 18.0 Å². The lowest BCUT2D eigenvalue weighted by Gasteiger charge is -2.15. The Labute approximate surface area is 157 Å². The number of benzene rings is 2. The van der Waals surface area contributed by atoms with Crippen LogP contribution in [0.4, 0.5) is 5.69 Å². The lowest BCUT2D eigenvalue weighted by Crippen LogP contribution is -2.30. The van der Waals surface area contributed by atoms with Gasteiger partial charge < -0.3 is 19.5 Å². The van der Waals surface area contributed by atoms with E-state index >= 15 is 0 Å².